The van der Waals surface area contributed by atoms with Crippen molar-refractivity contribution in [2.75, 3.05) is 18.9 Å². The number of unbranched alkanes of at least 4 members (excludes halogenated alkanes) is 3. The number of aromatic nitrogens is 3. The van der Waals surface area contributed by atoms with Crippen molar-refractivity contribution in [3.05, 3.63) is 59.7 Å². The Morgan fingerprint density at radius 3 is 2.26 bits per heavy atom. The van der Waals surface area contributed by atoms with Gasteiger partial charge < -0.3 is 15.2 Å². The van der Waals surface area contributed by atoms with Gasteiger partial charge in [0.1, 0.15) is 16.9 Å². The van der Waals surface area contributed by atoms with Crippen molar-refractivity contribution in [2.45, 2.75) is 39.5 Å². The van der Waals surface area contributed by atoms with E-state index in [1.54, 1.807) is 35.8 Å². The number of hydrogen-bond acceptors (Lipinski definition) is 7. The Kier molecular flexibility index (Phi) is 7.06. The molecule has 4 rings (SSSR count). The van der Waals surface area contributed by atoms with Crippen molar-refractivity contribution in [1.82, 2.24) is 14.5 Å². The quantitative estimate of drug-likeness (QED) is 0.274. The van der Waals surface area contributed by atoms with E-state index in [2.05, 4.69) is 6.92 Å². The molecule has 0 saturated heterocycles. The maximum absolute atomic E-state index is 13.1. The number of hydrogen-bond donors (Lipinski definition) is 1. The molecule has 0 fully saturated rings. The Balaban J connectivity index is 1.78. The number of nitrogen functional groups attached to an aromatic ring is 1. The summed E-state index contributed by atoms with van der Waals surface area (Å²) in [7, 11) is 0. The van der Waals surface area contributed by atoms with Crippen LogP contribution in [0.3, 0.4) is 0 Å². The first-order valence-electron chi connectivity index (χ1n) is 11.6. The summed E-state index contributed by atoms with van der Waals surface area (Å²) in [6.07, 6.45) is 3.99. The van der Waals surface area contributed by atoms with Gasteiger partial charge >= 0.3 is 11.9 Å². The number of anilines is 1. The summed E-state index contributed by atoms with van der Waals surface area (Å²) < 4.78 is 12.3. The second kappa shape index (κ2) is 10.3. The summed E-state index contributed by atoms with van der Waals surface area (Å²) in [5.41, 5.74) is 9.91. The Bertz CT molecular complexity index is 1330. The van der Waals surface area contributed by atoms with E-state index in [0.29, 0.717) is 46.7 Å². The third-order valence-electron chi connectivity index (χ3n) is 5.57. The highest BCUT2D eigenvalue weighted by atomic mass is 16.5. The maximum atomic E-state index is 13.1. The fourth-order valence-electron chi connectivity index (χ4n) is 3.85. The fourth-order valence-corrected chi connectivity index (χ4v) is 3.85. The number of esters is 2. The molecule has 8 nitrogen and oxygen atoms in total. The average Bonchev–Trinajstić information content (AvgIpc) is 3.13. The molecule has 2 N–H and O–H groups in total. The summed E-state index contributed by atoms with van der Waals surface area (Å²) in [6, 6.07) is 14.2. The van der Waals surface area contributed by atoms with Crippen LogP contribution in [0, 0.1) is 0 Å². The van der Waals surface area contributed by atoms with E-state index < -0.39 is 11.9 Å². The molecule has 0 aliphatic carbocycles. The van der Waals surface area contributed by atoms with E-state index in [0.717, 1.165) is 25.7 Å². The van der Waals surface area contributed by atoms with Gasteiger partial charge in [-0.05, 0) is 49.7 Å². The number of para-hydroxylation sites is 2. The largest absolute Gasteiger partial charge is 0.462 e. The second-order valence-electron chi connectivity index (χ2n) is 7.94. The van der Waals surface area contributed by atoms with Gasteiger partial charge in [0.05, 0.1) is 29.8 Å². The van der Waals surface area contributed by atoms with Crippen LogP contribution in [0.5, 0.6) is 0 Å². The van der Waals surface area contributed by atoms with E-state index in [9.17, 15) is 9.59 Å². The minimum Gasteiger partial charge on any atom is -0.462 e. The van der Waals surface area contributed by atoms with Crippen LogP contribution in [-0.4, -0.2) is 39.7 Å². The first-order chi connectivity index (χ1) is 16.5. The molecule has 2 aromatic heterocycles. The van der Waals surface area contributed by atoms with Gasteiger partial charge in [-0.2, -0.15) is 0 Å². The summed E-state index contributed by atoms with van der Waals surface area (Å²) >= 11 is 0. The van der Waals surface area contributed by atoms with E-state index in [1.807, 2.05) is 24.3 Å². The van der Waals surface area contributed by atoms with Crippen molar-refractivity contribution in [3.8, 4) is 5.69 Å². The number of ether oxygens (including phenoxy) is 2. The smallest absolute Gasteiger partial charge is 0.344 e. The normalized spacial score (nSPS) is 11.1. The van der Waals surface area contributed by atoms with Gasteiger partial charge in [0.2, 0.25) is 0 Å². The van der Waals surface area contributed by atoms with E-state index >= 15 is 0 Å². The van der Waals surface area contributed by atoms with Gasteiger partial charge in [-0.3, -0.25) is 4.57 Å². The molecule has 0 amide bonds. The maximum Gasteiger partial charge on any atom is 0.344 e. The van der Waals surface area contributed by atoms with Crippen molar-refractivity contribution in [1.29, 1.82) is 0 Å². The molecule has 0 atom stereocenters. The van der Waals surface area contributed by atoms with Crippen LogP contribution in [0.4, 0.5) is 5.82 Å². The lowest BCUT2D eigenvalue weighted by Crippen LogP contribution is -2.10. The Hall–Kier alpha value is -3.94. The van der Waals surface area contributed by atoms with Gasteiger partial charge in [-0.1, -0.05) is 38.3 Å². The average molecular weight is 461 g/mol. The van der Waals surface area contributed by atoms with E-state index in [-0.39, 0.29) is 11.4 Å². The van der Waals surface area contributed by atoms with Gasteiger partial charge in [-0.15, -0.1) is 0 Å². The minimum absolute atomic E-state index is 0.188. The molecule has 0 aliphatic rings. The Morgan fingerprint density at radius 1 is 0.882 bits per heavy atom. The van der Waals surface area contributed by atoms with Crippen molar-refractivity contribution >= 4 is 40.0 Å². The molecule has 176 valence electrons. The highest BCUT2D eigenvalue weighted by Gasteiger charge is 2.26. The molecule has 2 heterocycles. The summed E-state index contributed by atoms with van der Waals surface area (Å²) in [6.45, 7) is 4.50. The predicted octanol–water partition coefficient (Wildman–Crippen LogP) is 5.07. The first-order valence-corrected chi connectivity index (χ1v) is 11.6. The molecule has 0 spiro atoms. The van der Waals surface area contributed by atoms with Crippen LogP contribution in [0.1, 0.15) is 60.2 Å². The zero-order valence-electron chi connectivity index (χ0n) is 19.4. The lowest BCUT2D eigenvalue weighted by Gasteiger charge is -2.09. The molecule has 34 heavy (non-hydrogen) atoms. The van der Waals surface area contributed by atoms with Crippen LogP contribution >= 0.6 is 0 Å². The Labute approximate surface area is 197 Å². The van der Waals surface area contributed by atoms with Crippen molar-refractivity contribution in [3.63, 3.8) is 0 Å². The van der Waals surface area contributed by atoms with Crippen molar-refractivity contribution in [2.24, 2.45) is 0 Å². The van der Waals surface area contributed by atoms with Crippen molar-refractivity contribution < 1.29 is 19.1 Å². The first kappa shape index (κ1) is 23.2. The number of carbonyl (C=O) groups is 2. The topological polar surface area (TPSA) is 109 Å². The molecule has 0 aliphatic heterocycles. The third-order valence-corrected chi connectivity index (χ3v) is 5.57. The molecular formula is C26H28N4O4. The van der Waals surface area contributed by atoms with Crippen LogP contribution in [-0.2, 0) is 9.47 Å². The van der Waals surface area contributed by atoms with E-state index in [4.69, 9.17) is 25.2 Å². The van der Waals surface area contributed by atoms with Gasteiger partial charge in [0.15, 0.2) is 5.65 Å². The standard InChI is InChI=1S/C26H28N4O4/c1-3-5-6-9-16-34-26(32)21-22-24(29-20-11-8-7-10-19(20)28-22)30(23(21)27)18-14-12-17(13-15-18)25(31)33-4-2/h7-8,10-15H,3-6,9,16,27H2,1-2H3. The van der Waals surface area contributed by atoms with Gasteiger partial charge in [-0.25, -0.2) is 19.6 Å². The number of nitrogens with zero attached hydrogens (tertiary/aromatic N) is 3. The SMILES string of the molecule is CCCCCCOC(=O)c1c(N)n(-c2ccc(C(=O)OCC)cc2)c2nc3ccccc3nc12. The number of rotatable bonds is 9. The number of nitrogens with two attached hydrogens (primary N) is 1. The monoisotopic (exact) mass is 460 g/mol. The zero-order chi connectivity index (χ0) is 24.1. The number of benzene rings is 2. The van der Waals surface area contributed by atoms with Gasteiger partial charge in [0, 0.05) is 5.69 Å². The third kappa shape index (κ3) is 4.57. The number of carbonyl (C=O) groups excluding carboxylic acids is 2. The summed E-state index contributed by atoms with van der Waals surface area (Å²) in [5, 5.41) is 0. The molecule has 4 aromatic rings. The zero-order valence-corrected chi connectivity index (χ0v) is 19.4. The summed E-state index contributed by atoms with van der Waals surface area (Å²) in [5.74, 6) is -0.740. The molecule has 0 unspecified atom stereocenters. The molecule has 8 heteroatoms. The number of fused-ring (bicyclic) bond motifs is 2. The molecule has 2 aromatic carbocycles. The summed E-state index contributed by atoms with van der Waals surface area (Å²) in [4.78, 5) is 34.5. The molecule has 0 bridgehead atoms. The predicted molar refractivity (Wildman–Crippen MR) is 131 cm³/mol. The van der Waals surface area contributed by atoms with Crippen LogP contribution < -0.4 is 5.73 Å². The second-order valence-corrected chi connectivity index (χ2v) is 7.94. The molecular weight excluding hydrogens is 432 g/mol. The molecule has 0 radical (unpaired) electrons. The van der Waals surface area contributed by atoms with Crippen LogP contribution in [0.15, 0.2) is 48.5 Å². The highest BCUT2D eigenvalue weighted by molar-refractivity contribution is 6.09. The fraction of sp³-hybridized carbons (Fsp3) is 0.308. The highest BCUT2D eigenvalue weighted by Crippen LogP contribution is 2.31. The van der Waals surface area contributed by atoms with Crippen LogP contribution in [0.2, 0.25) is 0 Å². The van der Waals surface area contributed by atoms with Crippen LogP contribution in [0.25, 0.3) is 27.9 Å². The van der Waals surface area contributed by atoms with Gasteiger partial charge in [0.25, 0.3) is 0 Å². The lowest BCUT2D eigenvalue weighted by atomic mass is 10.2. The molecule has 0 saturated carbocycles. The Morgan fingerprint density at radius 2 is 1.59 bits per heavy atom. The minimum atomic E-state index is -0.523. The lowest BCUT2D eigenvalue weighted by molar-refractivity contribution is 0.0498. The van der Waals surface area contributed by atoms with E-state index in [1.165, 1.54) is 0 Å².